The maximum absolute atomic E-state index is 12.1. The van der Waals surface area contributed by atoms with Gasteiger partial charge in [0.1, 0.15) is 0 Å². The summed E-state index contributed by atoms with van der Waals surface area (Å²) in [5, 5.41) is 3.33. The maximum atomic E-state index is 12.1. The summed E-state index contributed by atoms with van der Waals surface area (Å²) in [6.45, 7) is 8.98. The molecule has 1 aliphatic heterocycles. The lowest BCUT2D eigenvalue weighted by Gasteiger charge is -2.27. The van der Waals surface area contributed by atoms with Crippen molar-refractivity contribution in [3.8, 4) is 0 Å². The Morgan fingerprint density at radius 2 is 1.94 bits per heavy atom. The zero-order valence-electron chi connectivity index (χ0n) is 10.9. The summed E-state index contributed by atoms with van der Waals surface area (Å²) in [6.07, 6.45) is 1.92. The van der Waals surface area contributed by atoms with Gasteiger partial charge in [0.15, 0.2) is 0 Å². The molecule has 1 aliphatic rings. The number of aryl methyl sites for hydroxylation is 2. The lowest BCUT2D eigenvalue weighted by Crippen LogP contribution is -2.44. The minimum atomic E-state index is 0.145. The minimum absolute atomic E-state index is 0.145. The number of hydrogen-bond donors (Lipinski definition) is 1. The Balaban J connectivity index is 2.28. The molecule has 1 saturated heterocycles. The Labute approximate surface area is 102 Å². The van der Waals surface area contributed by atoms with E-state index in [0.717, 1.165) is 43.9 Å². The molecule has 0 aromatic carbocycles. The van der Waals surface area contributed by atoms with Gasteiger partial charge in [-0.3, -0.25) is 9.69 Å². The Hall–Kier alpha value is -1.13. The van der Waals surface area contributed by atoms with Crippen molar-refractivity contribution in [1.82, 2.24) is 14.8 Å². The van der Waals surface area contributed by atoms with E-state index in [4.69, 9.17) is 0 Å². The van der Waals surface area contributed by atoms with Crippen molar-refractivity contribution in [2.24, 2.45) is 7.05 Å². The molecule has 0 radical (unpaired) electrons. The molecular formula is C13H21N3O. The molecule has 94 valence electrons. The van der Waals surface area contributed by atoms with Crippen LogP contribution in [-0.4, -0.2) is 35.6 Å². The van der Waals surface area contributed by atoms with Crippen molar-refractivity contribution in [1.29, 1.82) is 0 Å². The van der Waals surface area contributed by atoms with Crippen LogP contribution in [0.2, 0.25) is 0 Å². The van der Waals surface area contributed by atoms with Gasteiger partial charge in [0.05, 0.1) is 0 Å². The highest BCUT2D eigenvalue weighted by Crippen LogP contribution is 2.11. The molecule has 2 heterocycles. The second kappa shape index (κ2) is 5.02. The normalized spacial score (nSPS) is 17.4. The summed E-state index contributed by atoms with van der Waals surface area (Å²) < 4.78 is 1.69. The van der Waals surface area contributed by atoms with E-state index in [9.17, 15) is 4.79 Å². The van der Waals surface area contributed by atoms with Crippen molar-refractivity contribution in [3.05, 3.63) is 33.2 Å². The summed E-state index contributed by atoms with van der Waals surface area (Å²) in [7, 11) is 1.83. The molecule has 0 atom stereocenters. The van der Waals surface area contributed by atoms with Gasteiger partial charge in [0.25, 0.3) is 5.56 Å². The van der Waals surface area contributed by atoms with E-state index in [1.807, 2.05) is 20.2 Å². The van der Waals surface area contributed by atoms with Crippen LogP contribution >= 0.6 is 0 Å². The summed E-state index contributed by atoms with van der Waals surface area (Å²) >= 11 is 0. The molecule has 0 aliphatic carbocycles. The largest absolute Gasteiger partial charge is 0.318 e. The number of pyridine rings is 1. The van der Waals surface area contributed by atoms with Gasteiger partial charge in [-0.1, -0.05) is 0 Å². The number of hydrogen-bond acceptors (Lipinski definition) is 3. The van der Waals surface area contributed by atoms with E-state index in [-0.39, 0.29) is 5.56 Å². The van der Waals surface area contributed by atoms with Gasteiger partial charge >= 0.3 is 0 Å². The van der Waals surface area contributed by atoms with E-state index in [2.05, 4.69) is 17.1 Å². The molecule has 1 N–H and O–H groups in total. The average Bonchev–Trinajstić information content (AvgIpc) is 2.33. The predicted octanol–water partition coefficient (Wildman–Crippen LogP) is 0.407. The third-order valence-corrected chi connectivity index (χ3v) is 3.60. The molecule has 1 aromatic heterocycles. The summed E-state index contributed by atoms with van der Waals surface area (Å²) in [4.78, 5) is 14.5. The zero-order valence-corrected chi connectivity index (χ0v) is 10.9. The Bertz CT molecular complexity index is 458. The van der Waals surface area contributed by atoms with Crippen molar-refractivity contribution < 1.29 is 0 Å². The number of rotatable bonds is 2. The van der Waals surface area contributed by atoms with Crippen LogP contribution < -0.4 is 10.9 Å². The second-order valence-electron chi connectivity index (χ2n) is 4.86. The Kier molecular flexibility index (Phi) is 3.64. The van der Waals surface area contributed by atoms with Crippen molar-refractivity contribution in [3.63, 3.8) is 0 Å². The molecule has 4 nitrogen and oxygen atoms in total. The third kappa shape index (κ3) is 2.58. The van der Waals surface area contributed by atoms with Gasteiger partial charge in [-0.2, -0.15) is 0 Å². The van der Waals surface area contributed by atoms with E-state index in [1.54, 1.807) is 4.57 Å². The van der Waals surface area contributed by atoms with Crippen LogP contribution in [0.5, 0.6) is 0 Å². The number of piperazine rings is 1. The van der Waals surface area contributed by atoms with Crippen LogP contribution in [0.15, 0.2) is 11.0 Å². The van der Waals surface area contributed by atoms with E-state index >= 15 is 0 Å². The third-order valence-electron chi connectivity index (χ3n) is 3.60. The highest BCUT2D eigenvalue weighted by Gasteiger charge is 2.15. The van der Waals surface area contributed by atoms with E-state index < -0.39 is 0 Å². The highest BCUT2D eigenvalue weighted by atomic mass is 16.1. The second-order valence-corrected chi connectivity index (χ2v) is 4.86. The van der Waals surface area contributed by atoms with E-state index in [0.29, 0.717) is 0 Å². The molecule has 1 aromatic rings. The summed E-state index contributed by atoms with van der Waals surface area (Å²) in [6, 6.07) is 0. The summed E-state index contributed by atoms with van der Waals surface area (Å²) in [5.41, 5.74) is 3.44. The minimum Gasteiger partial charge on any atom is -0.318 e. The van der Waals surface area contributed by atoms with Gasteiger partial charge < -0.3 is 9.88 Å². The molecule has 1 fully saturated rings. The first-order valence-corrected chi connectivity index (χ1v) is 6.18. The first kappa shape index (κ1) is 12.3. The van der Waals surface area contributed by atoms with Crippen LogP contribution in [0.25, 0.3) is 0 Å². The smallest absolute Gasteiger partial charge is 0.255 e. The van der Waals surface area contributed by atoms with Gasteiger partial charge in [-0.05, 0) is 25.0 Å². The molecule has 0 amide bonds. The number of nitrogens with one attached hydrogen (secondary N) is 1. The van der Waals surface area contributed by atoms with E-state index in [1.165, 1.54) is 5.56 Å². The highest BCUT2D eigenvalue weighted by molar-refractivity contribution is 5.30. The van der Waals surface area contributed by atoms with Gasteiger partial charge in [0, 0.05) is 51.5 Å². The molecule has 0 spiro atoms. The average molecular weight is 235 g/mol. The molecule has 2 rings (SSSR count). The fourth-order valence-electron chi connectivity index (χ4n) is 2.34. The number of nitrogens with zero attached hydrogens (tertiary/aromatic N) is 2. The topological polar surface area (TPSA) is 37.3 Å². The molecule has 17 heavy (non-hydrogen) atoms. The predicted molar refractivity (Wildman–Crippen MR) is 69.3 cm³/mol. The monoisotopic (exact) mass is 235 g/mol. The SMILES string of the molecule is Cc1cn(C)c(=O)c(CN2CCNCC2)c1C. The van der Waals surface area contributed by atoms with Gasteiger partial charge in [0.2, 0.25) is 0 Å². The maximum Gasteiger partial charge on any atom is 0.255 e. The fourth-order valence-corrected chi connectivity index (χ4v) is 2.34. The van der Waals surface area contributed by atoms with Gasteiger partial charge in [-0.25, -0.2) is 0 Å². The Morgan fingerprint density at radius 1 is 1.29 bits per heavy atom. The number of aromatic nitrogens is 1. The van der Waals surface area contributed by atoms with Crippen LogP contribution in [0.4, 0.5) is 0 Å². The van der Waals surface area contributed by atoms with Gasteiger partial charge in [-0.15, -0.1) is 0 Å². The first-order chi connectivity index (χ1) is 8.09. The molecule has 4 heteroatoms. The lowest BCUT2D eigenvalue weighted by molar-refractivity contribution is 0.231. The molecule has 0 saturated carbocycles. The summed E-state index contributed by atoms with van der Waals surface area (Å²) in [5.74, 6) is 0. The Morgan fingerprint density at radius 3 is 2.59 bits per heavy atom. The lowest BCUT2D eigenvalue weighted by atomic mass is 10.1. The van der Waals surface area contributed by atoms with Crippen LogP contribution in [-0.2, 0) is 13.6 Å². The zero-order chi connectivity index (χ0) is 12.4. The molecule has 0 bridgehead atoms. The molecular weight excluding hydrogens is 214 g/mol. The first-order valence-electron chi connectivity index (χ1n) is 6.18. The van der Waals surface area contributed by atoms with Crippen molar-refractivity contribution in [2.45, 2.75) is 20.4 Å². The van der Waals surface area contributed by atoms with Crippen LogP contribution in [0.1, 0.15) is 16.7 Å². The quantitative estimate of drug-likeness (QED) is 0.806. The van der Waals surface area contributed by atoms with Crippen molar-refractivity contribution in [2.75, 3.05) is 26.2 Å². The van der Waals surface area contributed by atoms with Crippen LogP contribution in [0, 0.1) is 13.8 Å². The van der Waals surface area contributed by atoms with Crippen LogP contribution in [0.3, 0.4) is 0 Å². The molecule has 0 unspecified atom stereocenters. The standard InChI is InChI=1S/C13H21N3O/c1-10-8-15(3)13(17)12(11(10)2)9-16-6-4-14-5-7-16/h8,14H,4-7,9H2,1-3H3. The fraction of sp³-hybridized carbons (Fsp3) is 0.615. The van der Waals surface area contributed by atoms with Crippen molar-refractivity contribution >= 4 is 0 Å².